The van der Waals surface area contributed by atoms with Crippen LogP contribution >= 0.6 is 0 Å². The van der Waals surface area contributed by atoms with E-state index in [1.165, 1.54) is 24.1 Å². The number of hydrogen-bond donors (Lipinski definition) is 0. The Kier molecular flexibility index (Phi) is 3.32. The van der Waals surface area contributed by atoms with Gasteiger partial charge >= 0.3 is 5.97 Å². The smallest absolute Gasteiger partial charge is 0.343 e. The van der Waals surface area contributed by atoms with Crippen molar-refractivity contribution in [1.82, 2.24) is 24.4 Å². The van der Waals surface area contributed by atoms with Crippen molar-refractivity contribution in [2.24, 2.45) is 7.05 Å². The summed E-state index contributed by atoms with van der Waals surface area (Å²) >= 11 is 0. The van der Waals surface area contributed by atoms with E-state index in [0.29, 0.717) is 5.56 Å². The summed E-state index contributed by atoms with van der Waals surface area (Å²) in [7, 11) is 2.90. The molecule has 0 fully saturated rings. The minimum absolute atomic E-state index is 0.0171. The maximum atomic E-state index is 13.3. The van der Waals surface area contributed by atoms with Crippen molar-refractivity contribution in [2.75, 3.05) is 7.11 Å². The average Bonchev–Trinajstić information content (AvgIpc) is 3.11. The molecule has 0 aliphatic heterocycles. The number of aromatic nitrogens is 5. The average molecular weight is 307 g/mol. The third kappa shape index (κ3) is 2.20. The van der Waals surface area contributed by atoms with E-state index < -0.39 is 12.4 Å². The van der Waals surface area contributed by atoms with Gasteiger partial charge in [-0.2, -0.15) is 10.2 Å². The first-order valence-corrected chi connectivity index (χ1v) is 6.25. The van der Waals surface area contributed by atoms with Crippen molar-refractivity contribution in [3.8, 4) is 11.3 Å². The topological polar surface area (TPSA) is 74.3 Å². The number of carbonyl (C=O) groups is 1. The molecule has 22 heavy (non-hydrogen) atoms. The molecule has 3 heterocycles. The fourth-order valence-electron chi connectivity index (χ4n) is 2.10. The Labute approximate surface area is 123 Å². The number of ether oxygens (including phenoxy) is 1. The summed E-state index contributed by atoms with van der Waals surface area (Å²) in [6.07, 6.45) is 1.53. The lowest BCUT2D eigenvalue weighted by Gasteiger charge is -2.06. The monoisotopic (exact) mass is 307 g/mol. The van der Waals surface area contributed by atoms with Crippen LogP contribution in [0.3, 0.4) is 0 Å². The highest BCUT2D eigenvalue weighted by Gasteiger charge is 2.22. The maximum Gasteiger partial charge on any atom is 0.343 e. The molecule has 0 N–H and O–H groups in total. The van der Waals surface area contributed by atoms with Crippen LogP contribution in [0, 0.1) is 0 Å². The molecule has 0 aromatic carbocycles. The van der Waals surface area contributed by atoms with E-state index >= 15 is 0 Å². The number of hydrogen-bond acceptors (Lipinski definition) is 5. The van der Waals surface area contributed by atoms with Gasteiger partial charge in [-0.15, -0.1) is 0 Å². The fraction of sp³-hybridized carbons (Fsp3) is 0.231. The Hall–Kier alpha value is -2.84. The van der Waals surface area contributed by atoms with Crippen molar-refractivity contribution < 1.29 is 18.3 Å². The number of halogens is 2. The van der Waals surface area contributed by atoms with Gasteiger partial charge in [0, 0.05) is 18.8 Å². The van der Waals surface area contributed by atoms with Gasteiger partial charge in [-0.25, -0.2) is 23.1 Å². The predicted molar refractivity (Wildman–Crippen MR) is 71.5 cm³/mol. The van der Waals surface area contributed by atoms with Gasteiger partial charge in [-0.3, -0.25) is 4.68 Å². The van der Waals surface area contributed by atoms with Crippen molar-refractivity contribution in [3.05, 3.63) is 35.9 Å². The molecule has 0 saturated heterocycles. The third-order valence-electron chi connectivity index (χ3n) is 3.13. The largest absolute Gasteiger partial charge is 0.465 e. The zero-order valence-electron chi connectivity index (χ0n) is 11.7. The second kappa shape index (κ2) is 5.17. The highest BCUT2D eigenvalue weighted by atomic mass is 19.3. The van der Waals surface area contributed by atoms with Crippen molar-refractivity contribution >= 4 is 11.6 Å². The van der Waals surface area contributed by atoms with Crippen LogP contribution < -0.4 is 0 Å². The van der Waals surface area contributed by atoms with Crippen LogP contribution in [-0.2, 0) is 11.8 Å². The van der Waals surface area contributed by atoms with Crippen LogP contribution in [0.25, 0.3) is 16.9 Å². The zero-order chi connectivity index (χ0) is 15.9. The third-order valence-corrected chi connectivity index (χ3v) is 3.13. The molecule has 9 heteroatoms. The van der Waals surface area contributed by atoms with Crippen LogP contribution in [0.1, 0.15) is 22.5 Å². The Morgan fingerprint density at radius 3 is 2.68 bits per heavy atom. The summed E-state index contributed by atoms with van der Waals surface area (Å²) in [5, 5.41) is 7.79. The van der Waals surface area contributed by atoms with E-state index in [4.69, 9.17) is 0 Å². The van der Waals surface area contributed by atoms with Crippen LogP contribution in [0.5, 0.6) is 0 Å². The first-order chi connectivity index (χ1) is 10.5. The van der Waals surface area contributed by atoms with Crippen LogP contribution in [0.15, 0.2) is 24.7 Å². The highest BCUT2D eigenvalue weighted by molar-refractivity contribution is 5.95. The van der Waals surface area contributed by atoms with Gasteiger partial charge in [0.1, 0.15) is 11.3 Å². The first kappa shape index (κ1) is 14.1. The number of esters is 1. The van der Waals surface area contributed by atoms with Gasteiger partial charge in [0.15, 0.2) is 5.65 Å². The summed E-state index contributed by atoms with van der Waals surface area (Å²) in [4.78, 5) is 15.9. The maximum absolute atomic E-state index is 13.3. The minimum Gasteiger partial charge on any atom is -0.465 e. The van der Waals surface area contributed by atoms with Gasteiger partial charge in [0.25, 0.3) is 6.43 Å². The lowest BCUT2D eigenvalue weighted by molar-refractivity contribution is 0.0602. The molecule has 0 aliphatic rings. The van der Waals surface area contributed by atoms with Crippen LogP contribution in [-0.4, -0.2) is 37.5 Å². The van der Waals surface area contributed by atoms with Crippen molar-refractivity contribution in [3.63, 3.8) is 0 Å². The SMILES string of the molecule is COC(=O)c1cnn2c(C(F)F)cc(-c3cnn(C)c3)nc12. The Morgan fingerprint density at radius 1 is 1.32 bits per heavy atom. The lowest BCUT2D eigenvalue weighted by Crippen LogP contribution is -2.05. The van der Waals surface area contributed by atoms with E-state index in [1.807, 2.05) is 0 Å². The predicted octanol–water partition coefficient (Wildman–Crippen LogP) is 1.85. The molecule has 0 amide bonds. The number of nitrogens with zero attached hydrogens (tertiary/aromatic N) is 5. The molecular formula is C13H11F2N5O2. The number of rotatable bonds is 3. The van der Waals surface area contributed by atoms with Crippen molar-refractivity contribution in [2.45, 2.75) is 6.43 Å². The molecular weight excluding hydrogens is 296 g/mol. The zero-order valence-corrected chi connectivity index (χ0v) is 11.7. The normalized spacial score (nSPS) is 11.3. The lowest BCUT2D eigenvalue weighted by atomic mass is 10.2. The molecule has 0 aliphatic carbocycles. The van der Waals surface area contributed by atoms with Crippen LogP contribution in [0.4, 0.5) is 8.78 Å². The summed E-state index contributed by atoms with van der Waals surface area (Å²) in [6, 6.07) is 1.22. The molecule has 0 saturated carbocycles. The standard InChI is InChI=1S/C13H11F2N5O2/c1-19-6-7(4-16-19)9-3-10(11(14)15)20-12(18-9)8(5-17-20)13(21)22-2/h3-6,11H,1-2H3. The molecule has 114 valence electrons. The molecule has 0 bridgehead atoms. The van der Waals surface area contributed by atoms with Gasteiger partial charge in [0.05, 0.1) is 25.2 Å². The van der Waals surface area contributed by atoms with E-state index in [0.717, 1.165) is 10.7 Å². The van der Waals surface area contributed by atoms with Gasteiger partial charge in [0.2, 0.25) is 0 Å². The fourth-order valence-corrected chi connectivity index (χ4v) is 2.10. The molecule has 0 radical (unpaired) electrons. The molecule has 0 atom stereocenters. The Balaban J connectivity index is 2.28. The molecule has 3 aromatic heterocycles. The van der Waals surface area contributed by atoms with Gasteiger partial charge < -0.3 is 4.74 Å². The summed E-state index contributed by atoms with van der Waals surface area (Å²) in [5.74, 6) is -0.689. The number of methoxy groups -OCH3 is 1. The molecule has 0 unspecified atom stereocenters. The number of alkyl halides is 2. The number of fused-ring (bicyclic) bond motifs is 1. The quantitative estimate of drug-likeness (QED) is 0.690. The summed E-state index contributed by atoms with van der Waals surface area (Å²) in [5.41, 5.74) is 0.517. The second-order valence-corrected chi connectivity index (χ2v) is 4.55. The Bertz CT molecular complexity index is 855. The Morgan fingerprint density at radius 2 is 2.09 bits per heavy atom. The van der Waals surface area contributed by atoms with E-state index in [9.17, 15) is 13.6 Å². The van der Waals surface area contributed by atoms with Crippen molar-refractivity contribution in [1.29, 1.82) is 0 Å². The summed E-state index contributed by atoms with van der Waals surface area (Å²) in [6.45, 7) is 0. The first-order valence-electron chi connectivity index (χ1n) is 6.25. The minimum atomic E-state index is -2.77. The molecule has 3 aromatic rings. The second-order valence-electron chi connectivity index (χ2n) is 4.55. The van der Waals surface area contributed by atoms with Gasteiger partial charge in [-0.05, 0) is 6.07 Å². The van der Waals surface area contributed by atoms with Crippen LogP contribution in [0.2, 0.25) is 0 Å². The van der Waals surface area contributed by atoms with E-state index in [2.05, 4.69) is 19.9 Å². The highest BCUT2D eigenvalue weighted by Crippen LogP contribution is 2.26. The molecule has 0 spiro atoms. The van der Waals surface area contributed by atoms with E-state index in [1.54, 1.807) is 13.2 Å². The number of aryl methyl sites for hydroxylation is 1. The van der Waals surface area contributed by atoms with Gasteiger partial charge in [-0.1, -0.05) is 0 Å². The molecule has 7 nitrogen and oxygen atoms in total. The molecule has 3 rings (SSSR count). The number of carbonyl (C=O) groups excluding carboxylic acids is 1. The van der Waals surface area contributed by atoms with E-state index in [-0.39, 0.29) is 22.6 Å². The summed E-state index contributed by atoms with van der Waals surface area (Å²) < 4.78 is 33.6.